The maximum absolute atomic E-state index is 13.8. The summed E-state index contributed by atoms with van der Waals surface area (Å²) in [5.41, 5.74) is 7.10. The minimum atomic E-state index is -1.34. The number of carbonyl (C=O) groups excluding carboxylic acids is 8. The zero-order valence-corrected chi connectivity index (χ0v) is 33.3. The lowest BCUT2D eigenvalue weighted by Gasteiger charge is -2.25. The summed E-state index contributed by atoms with van der Waals surface area (Å²) in [6.07, 6.45) is 1.65. The van der Waals surface area contributed by atoms with Crippen LogP contribution in [0.2, 0.25) is 0 Å². The number of aliphatic carboxylic acids is 1. The summed E-state index contributed by atoms with van der Waals surface area (Å²) in [6, 6.07) is 19.5. The molecule has 18 nitrogen and oxygen atoms in total. The van der Waals surface area contributed by atoms with Gasteiger partial charge in [-0.15, -0.1) is 0 Å². The number of primary amides is 1. The average Bonchev–Trinajstić information content (AvgIpc) is 3.22. The molecule has 0 saturated carbocycles. The molecule has 0 aliphatic rings. The van der Waals surface area contributed by atoms with Crippen molar-refractivity contribution in [3.63, 3.8) is 0 Å². The van der Waals surface area contributed by atoms with E-state index in [-0.39, 0.29) is 18.8 Å². The molecule has 318 valence electrons. The van der Waals surface area contributed by atoms with Crippen molar-refractivity contribution in [1.29, 1.82) is 0 Å². The van der Waals surface area contributed by atoms with Gasteiger partial charge in [-0.05, 0) is 29.5 Å². The Morgan fingerprint density at radius 1 is 0.567 bits per heavy atom. The lowest BCUT2D eigenvalue weighted by Crippen LogP contribution is -2.55. The van der Waals surface area contributed by atoms with E-state index in [0.717, 1.165) is 12.2 Å². The number of carbonyl (C=O) groups is 9. The van der Waals surface area contributed by atoms with Gasteiger partial charge in [-0.2, -0.15) is 0 Å². The molecule has 3 rings (SSSR count). The van der Waals surface area contributed by atoms with Gasteiger partial charge in [0, 0.05) is 25.0 Å². The Kier molecular flexibility index (Phi) is 18.6. The zero-order valence-electron chi connectivity index (χ0n) is 33.3. The van der Waals surface area contributed by atoms with E-state index in [2.05, 4.69) is 37.2 Å². The topological polar surface area (TPSA) is 284 Å². The molecule has 0 fully saturated rings. The van der Waals surface area contributed by atoms with E-state index in [1.54, 1.807) is 105 Å². The molecule has 5 atom stereocenters. The molecule has 8 amide bonds. The molecule has 18 heteroatoms. The van der Waals surface area contributed by atoms with Gasteiger partial charge in [0.05, 0.1) is 13.1 Å². The molecule has 0 bridgehead atoms. The zero-order chi connectivity index (χ0) is 44.2. The number of nitrogens with one attached hydrogen (secondary N) is 7. The largest absolute Gasteiger partial charge is 0.480 e. The third kappa shape index (κ3) is 16.2. The van der Waals surface area contributed by atoms with Crippen LogP contribution in [0.15, 0.2) is 103 Å². The summed E-state index contributed by atoms with van der Waals surface area (Å²) < 4.78 is 0. The van der Waals surface area contributed by atoms with Crippen LogP contribution >= 0.6 is 0 Å². The van der Waals surface area contributed by atoms with Gasteiger partial charge in [0.1, 0.15) is 30.2 Å². The van der Waals surface area contributed by atoms with Crippen molar-refractivity contribution in [1.82, 2.24) is 37.2 Å². The number of carboxylic acids is 1. The lowest BCUT2D eigenvalue weighted by atomic mass is 10.0. The second-order valence-electron chi connectivity index (χ2n) is 13.9. The molecule has 0 aromatic heterocycles. The second kappa shape index (κ2) is 23.8. The van der Waals surface area contributed by atoms with Crippen molar-refractivity contribution in [3.8, 4) is 0 Å². The quantitative estimate of drug-likeness (QED) is 0.0575. The van der Waals surface area contributed by atoms with Gasteiger partial charge in [0.2, 0.25) is 47.3 Å². The van der Waals surface area contributed by atoms with Crippen molar-refractivity contribution in [3.05, 3.63) is 120 Å². The number of nitrogens with two attached hydrogens (primary N) is 1. The van der Waals surface area contributed by atoms with Gasteiger partial charge in [-0.3, -0.25) is 38.4 Å². The van der Waals surface area contributed by atoms with Gasteiger partial charge in [-0.25, -0.2) is 4.79 Å². The highest BCUT2D eigenvalue weighted by molar-refractivity contribution is 6.00. The molecule has 0 radical (unpaired) electrons. The highest BCUT2D eigenvalue weighted by atomic mass is 16.4. The van der Waals surface area contributed by atoms with Crippen LogP contribution in [0.4, 0.5) is 0 Å². The van der Waals surface area contributed by atoms with Crippen molar-refractivity contribution < 1.29 is 48.3 Å². The molecule has 5 unspecified atom stereocenters. The number of hydrogen-bond acceptors (Lipinski definition) is 9. The van der Waals surface area contributed by atoms with Crippen molar-refractivity contribution >= 4 is 53.2 Å². The smallest absolute Gasteiger partial charge is 0.326 e. The van der Waals surface area contributed by atoms with Gasteiger partial charge < -0.3 is 48.1 Å². The fraction of sp³-hybridized carbons (Fsp3) is 0.310. The average molecular weight is 827 g/mol. The molecule has 0 aliphatic carbocycles. The molecule has 0 saturated heterocycles. The fourth-order valence-electron chi connectivity index (χ4n) is 5.59. The van der Waals surface area contributed by atoms with E-state index in [1.165, 1.54) is 6.92 Å². The van der Waals surface area contributed by atoms with Gasteiger partial charge in [0.25, 0.3) is 0 Å². The van der Waals surface area contributed by atoms with Crippen LogP contribution < -0.4 is 43.0 Å². The first-order valence-corrected chi connectivity index (χ1v) is 18.9. The number of hydrogen-bond donors (Lipinski definition) is 9. The monoisotopic (exact) mass is 826 g/mol. The number of amides is 8. The first-order valence-electron chi connectivity index (χ1n) is 18.9. The number of benzene rings is 3. The van der Waals surface area contributed by atoms with Crippen LogP contribution in [0, 0.1) is 5.92 Å². The Morgan fingerprint density at radius 2 is 1.08 bits per heavy atom. The third-order valence-corrected chi connectivity index (χ3v) is 8.79. The summed E-state index contributed by atoms with van der Waals surface area (Å²) in [5.74, 6) is -7.83. The van der Waals surface area contributed by atoms with Gasteiger partial charge >= 0.3 is 5.97 Å². The maximum atomic E-state index is 13.8. The Hall–Kier alpha value is -7.37. The standard InChI is InChI=1S/C42H50N8O10/c1-25(2)36(38(43)55)49-39(56)26(3)46-41(58)37(29-17-11-6-12-18-29)50-40(57)30(21-27-13-7-4-8-14-27)47-33(52)20-19-32(51)44-23-34(53)45-24-35(54)48-31(42(59)60)22-28-15-9-5-10-16-28/h4-20,25-26,30-31,36-37H,21-24H2,1-3H3,(H2,43,55)(H,44,51)(H,45,53)(H,46,58)(H,47,52)(H,48,54)(H,49,56)(H,50,57)(H,59,60). The first kappa shape index (κ1) is 47.0. The number of carboxylic acid groups (broad SMARTS) is 1. The molecule has 0 spiro atoms. The molecule has 0 aliphatic heterocycles. The van der Waals surface area contributed by atoms with Crippen LogP contribution in [0.5, 0.6) is 0 Å². The van der Waals surface area contributed by atoms with Gasteiger partial charge in [0.15, 0.2) is 0 Å². The van der Waals surface area contributed by atoms with E-state index in [9.17, 15) is 48.3 Å². The molecular weight excluding hydrogens is 777 g/mol. The predicted octanol–water partition coefficient (Wildman–Crippen LogP) is -0.697. The minimum absolute atomic E-state index is 0.0241. The second-order valence-corrected chi connectivity index (χ2v) is 13.9. The van der Waals surface area contributed by atoms with Crippen molar-refractivity contribution in [2.24, 2.45) is 11.7 Å². The maximum Gasteiger partial charge on any atom is 0.326 e. The number of rotatable bonds is 22. The van der Waals surface area contributed by atoms with Crippen LogP contribution in [-0.4, -0.2) is 95.6 Å². The molecule has 3 aromatic rings. The Bertz CT molecular complexity index is 2010. The summed E-state index contributed by atoms with van der Waals surface area (Å²) in [4.78, 5) is 114. The van der Waals surface area contributed by atoms with Crippen LogP contribution in [0.1, 0.15) is 43.5 Å². The summed E-state index contributed by atoms with van der Waals surface area (Å²) in [6.45, 7) is 3.63. The predicted molar refractivity (Wildman–Crippen MR) is 218 cm³/mol. The normalized spacial score (nSPS) is 13.3. The van der Waals surface area contributed by atoms with Crippen LogP contribution in [0.3, 0.4) is 0 Å². The molecule has 10 N–H and O–H groups in total. The van der Waals surface area contributed by atoms with E-state index in [4.69, 9.17) is 5.73 Å². The summed E-state index contributed by atoms with van der Waals surface area (Å²) in [7, 11) is 0. The SMILES string of the molecule is CC(NC(=O)C(NC(=O)C(Cc1ccccc1)NC(=O)C=CC(=O)NCC(=O)NCC(=O)NC(Cc1ccccc1)C(=O)O)c1ccccc1)C(=O)NC(C(N)=O)C(C)C. The summed E-state index contributed by atoms with van der Waals surface area (Å²) >= 11 is 0. The third-order valence-electron chi connectivity index (χ3n) is 8.79. The van der Waals surface area contributed by atoms with E-state index in [0.29, 0.717) is 16.7 Å². The highest BCUT2D eigenvalue weighted by Gasteiger charge is 2.31. The minimum Gasteiger partial charge on any atom is -0.480 e. The Balaban J connectivity index is 1.62. The molecule has 60 heavy (non-hydrogen) atoms. The van der Waals surface area contributed by atoms with Crippen LogP contribution in [-0.2, 0) is 56.0 Å². The first-order chi connectivity index (χ1) is 28.5. The van der Waals surface area contributed by atoms with E-state index >= 15 is 0 Å². The Morgan fingerprint density at radius 3 is 1.62 bits per heavy atom. The molecule has 0 heterocycles. The Labute approximate surface area is 346 Å². The fourth-order valence-corrected chi connectivity index (χ4v) is 5.59. The van der Waals surface area contributed by atoms with Crippen LogP contribution in [0.25, 0.3) is 0 Å². The highest BCUT2D eigenvalue weighted by Crippen LogP contribution is 2.15. The molecular formula is C42H50N8O10. The summed E-state index contributed by atoms with van der Waals surface area (Å²) in [5, 5.41) is 26.6. The van der Waals surface area contributed by atoms with E-state index in [1.807, 2.05) is 0 Å². The lowest BCUT2D eigenvalue weighted by molar-refractivity contribution is -0.141. The van der Waals surface area contributed by atoms with E-state index < -0.39 is 96.5 Å². The van der Waals surface area contributed by atoms with Crippen molar-refractivity contribution in [2.45, 2.75) is 63.8 Å². The van der Waals surface area contributed by atoms with Gasteiger partial charge in [-0.1, -0.05) is 105 Å². The molecule has 3 aromatic carbocycles. The van der Waals surface area contributed by atoms with Crippen molar-refractivity contribution in [2.75, 3.05) is 13.1 Å².